The van der Waals surface area contributed by atoms with Gasteiger partial charge in [0.1, 0.15) is 6.54 Å². The number of rotatable bonds is 4. The van der Waals surface area contributed by atoms with Crippen LogP contribution in [0.2, 0.25) is 0 Å². The second kappa shape index (κ2) is 5.88. The number of hydrogen-bond donors (Lipinski definition) is 0. The van der Waals surface area contributed by atoms with Gasteiger partial charge < -0.3 is 4.52 Å². The van der Waals surface area contributed by atoms with Crippen molar-refractivity contribution in [3.8, 4) is 0 Å². The molecule has 0 aliphatic rings. The molecule has 23 heavy (non-hydrogen) atoms. The van der Waals surface area contributed by atoms with E-state index in [1.165, 1.54) is 16.2 Å². The molecule has 0 unspecified atom stereocenters. The minimum Gasteiger partial charge on any atom is -0.340 e. The highest BCUT2D eigenvalue weighted by atomic mass is 32.1. The van der Waals surface area contributed by atoms with Gasteiger partial charge in [-0.15, -0.1) is 16.4 Å². The SMILES string of the molecule is Cc1nc(Cn2nnc(C(=O)N(C)c3ncc(C)s3)c2C)no1. The van der Waals surface area contributed by atoms with E-state index in [1.807, 2.05) is 6.92 Å². The number of nitrogens with zero attached hydrogens (tertiary/aromatic N) is 7. The van der Waals surface area contributed by atoms with Crippen LogP contribution in [0, 0.1) is 20.8 Å². The number of hydrogen-bond acceptors (Lipinski definition) is 8. The molecule has 0 fully saturated rings. The van der Waals surface area contributed by atoms with Gasteiger partial charge >= 0.3 is 0 Å². The van der Waals surface area contributed by atoms with Gasteiger partial charge in [-0.2, -0.15) is 4.98 Å². The summed E-state index contributed by atoms with van der Waals surface area (Å²) in [6, 6.07) is 0. The number of carbonyl (C=O) groups is 1. The maximum atomic E-state index is 12.6. The zero-order chi connectivity index (χ0) is 16.6. The first-order chi connectivity index (χ1) is 11.0. The molecule has 0 spiro atoms. The van der Waals surface area contributed by atoms with Crippen LogP contribution >= 0.6 is 11.3 Å². The second-order valence-electron chi connectivity index (χ2n) is 5.03. The third-order valence-corrected chi connectivity index (χ3v) is 4.24. The summed E-state index contributed by atoms with van der Waals surface area (Å²) >= 11 is 1.44. The minimum absolute atomic E-state index is 0.257. The Labute approximate surface area is 135 Å². The molecular formula is C13H15N7O2S. The largest absolute Gasteiger partial charge is 0.340 e. The van der Waals surface area contributed by atoms with Crippen LogP contribution in [0.3, 0.4) is 0 Å². The number of thiazole rings is 1. The average molecular weight is 333 g/mol. The fourth-order valence-electron chi connectivity index (χ4n) is 1.99. The molecule has 0 aliphatic carbocycles. The van der Waals surface area contributed by atoms with Crippen LogP contribution in [0.4, 0.5) is 5.13 Å². The molecule has 3 aromatic rings. The monoisotopic (exact) mass is 333 g/mol. The fraction of sp³-hybridized carbons (Fsp3) is 0.385. The number of amides is 1. The maximum Gasteiger partial charge on any atom is 0.282 e. The Morgan fingerprint density at radius 3 is 2.78 bits per heavy atom. The molecule has 0 atom stereocenters. The topological polar surface area (TPSA) is 103 Å². The lowest BCUT2D eigenvalue weighted by atomic mass is 10.3. The van der Waals surface area contributed by atoms with Crippen LogP contribution in [0.15, 0.2) is 10.7 Å². The zero-order valence-electron chi connectivity index (χ0n) is 13.1. The first kappa shape index (κ1) is 15.3. The van der Waals surface area contributed by atoms with E-state index >= 15 is 0 Å². The van der Waals surface area contributed by atoms with Crippen LogP contribution in [0.25, 0.3) is 0 Å². The van der Waals surface area contributed by atoms with E-state index in [4.69, 9.17) is 4.52 Å². The maximum absolute atomic E-state index is 12.6. The molecule has 0 aliphatic heterocycles. The molecule has 120 valence electrons. The van der Waals surface area contributed by atoms with Crippen LogP contribution in [-0.4, -0.2) is 43.1 Å². The van der Waals surface area contributed by atoms with E-state index in [2.05, 4.69) is 25.4 Å². The number of aromatic nitrogens is 6. The normalized spacial score (nSPS) is 11.0. The number of carbonyl (C=O) groups excluding carboxylic acids is 1. The third-order valence-electron chi connectivity index (χ3n) is 3.25. The third kappa shape index (κ3) is 2.97. The molecule has 3 heterocycles. The summed E-state index contributed by atoms with van der Waals surface area (Å²) in [5, 5.41) is 12.4. The van der Waals surface area contributed by atoms with Crippen molar-refractivity contribution in [1.82, 2.24) is 30.1 Å². The molecule has 1 amide bonds. The molecular weight excluding hydrogens is 318 g/mol. The molecule has 0 aromatic carbocycles. The first-order valence-corrected chi connectivity index (χ1v) is 7.67. The van der Waals surface area contributed by atoms with Gasteiger partial charge in [0, 0.05) is 25.0 Å². The lowest BCUT2D eigenvalue weighted by Crippen LogP contribution is -2.27. The Hall–Kier alpha value is -2.62. The van der Waals surface area contributed by atoms with Crippen molar-refractivity contribution in [3.63, 3.8) is 0 Å². The summed E-state index contributed by atoms with van der Waals surface area (Å²) in [4.78, 5) is 23.4. The summed E-state index contributed by atoms with van der Waals surface area (Å²) in [5.41, 5.74) is 0.915. The molecule has 10 heteroatoms. The standard InChI is InChI=1S/C13H15N7O2S/c1-7-5-14-13(23-7)19(4)12(21)11-8(2)20(18-16-11)6-10-15-9(3)22-17-10/h5H,6H2,1-4H3. The quantitative estimate of drug-likeness (QED) is 0.710. The summed E-state index contributed by atoms with van der Waals surface area (Å²) in [6.45, 7) is 5.73. The second-order valence-corrected chi connectivity index (χ2v) is 6.24. The van der Waals surface area contributed by atoms with Crippen molar-refractivity contribution in [2.45, 2.75) is 27.3 Å². The lowest BCUT2D eigenvalue weighted by molar-refractivity contribution is 0.0987. The summed E-state index contributed by atoms with van der Waals surface area (Å²) in [5.74, 6) is 0.707. The van der Waals surface area contributed by atoms with Crippen molar-refractivity contribution < 1.29 is 9.32 Å². The molecule has 0 radical (unpaired) electrons. The minimum atomic E-state index is -0.257. The van der Waals surface area contributed by atoms with Gasteiger partial charge in [0.05, 0.1) is 5.69 Å². The predicted octanol–water partition coefficient (Wildman–Crippen LogP) is 1.37. The predicted molar refractivity (Wildman–Crippen MR) is 82.5 cm³/mol. The molecule has 9 nitrogen and oxygen atoms in total. The van der Waals surface area contributed by atoms with Gasteiger partial charge in [0.2, 0.25) is 5.89 Å². The van der Waals surface area contributed by atoms with Gasteiger partial charge in [-0.05, 0) is 13.8 Å². The van der Waals surface area contributed by atoms with Crippen LogP contribution in [0.5, 0.6) is 0 Å². The van der Waals surface area contributed by atoms with E-state index in [0.717, 1.165) is 4.88 Å². The van der Waals surface area contributed by atoms with E-state index in [1.54, 1.807) is 31.8 Å². The molecule has 3 aromatic heterocycles. The molecule has 0 saturated carbocycles. The van der Waals surface area contributed by atoms with Crippen LogP contribution < -0.4 is 4.90 Å². The average Bonchev–Trinajstić information content (AvgIpc) is 3.21. The Bertz CT molecular complexity index is 850. The zero-order valence-corrected chi connectivity index (χ0v) is 14.0. The van der Waals surface area contributed by atoms with Gasteiger partial charge in [0.25, 0.3) is 5.91 Å². The van der Waals surface area contributed by atoms with Gasteiger partial charge in [-0.25, -0.2) is 9.67 Å². The highest BCUT2D eigenvalue weighted by Crippen LogP contribution is 2.22. The number of anilines is 1. The Balaban J connectivity index is 1.82. The van der Waals surface area contributed by atoms with Gasteiger partial charge in [0.15, 0.2) is 16.6 Å². The van der Waals surface area contributed by atoms with Crippen molar-refractivity contribution in [1.29, 1.82) is 0 Å². The molecule has 0 bridgehead atoms. The van der Waals surface area contributed by atoms with Crippen molar-refractivity contribution in [2.75, 3.05) is 11.9 Å². The summed E-state index contributed by atoms with van der Waals surface area (Å²) in [6.07, 6.45) is 1.73. The van der Waals surface area contributed by atoms with E-state index < -0.39 is 0 Å². The van der Waals surface area contributed by atoms with Crippen molar-refractivity contribution in [3.05, 3.63) is 34.2 Å². The number of aryl methyl sites for hydroxylation is 2. The summed E-state index contributed by atoms with van der Waals surface area (Å²) in [7, 11) is 1.67. The fourth-order valence-corrected chi connectivity index (χ4v) is 2.71. The van der Waals surface area contributed by atoms with E-state index in [9.17, 15) is 4.79 Å². The highest BCUT2D eigenvalue weighted by molar-refractivity contribution is 7.15. The molecule has 0 saturated heterocycles. The van der Waals surface area contributed by atoms with Crippen molar-refractivity contribution in [2.24, 2.45) is 0 Å². The molecule has 3 rings (SSSR count). The molecule has 0 N–H and O–H groups in total. The van der Waals surface area contributed by atoms with Gasteiger partial charge in [-0.3, -0.25) is 9.69 Å². The van der Waals surface area contributed by atoms with Gasteiger partial charge in [-0.1, -0.05) is 10.4 Å². The smallest absolute Gasteiger partial charge is 0.282 e. The van der Waals surface area contributed by atoms with E-state index in [-0.39, 0.29) is 11.6 Å². The van der Waals surface area contributed by atoms with Crippen LogP contribution in [0.1, 0.15) is 32.8 Å². The lowest BCUT2D eigenvalue weighted by Gasteiger charge is -2.12. The first-order valence-electron chi connectivity index (χ1n) is 6.85. The Kier molecular flexibility index (Phi) is 3.90. The Morgan fingerprint density at radius 1 is 1.39 bits per heavy atom. The van der Waals surface area contributed by atoms with Crippen molar-refractivity contribution >= 4 is 22.4 Å². The Morgan fingerprint density at radius 2 is 2.17 bits per heavy atom. The van der Waals surface area contributed by atoms with E-state index in [0.29, 0.717) is 29.1 Å². The summed E-state index contributed by atoms with van der Waals surface area (Å²) < 4.78 is 6.49. The highest BCUT2D eigenvalue weighted by Gasteiger charge is 2.23. The van der Waals surface area contributed by atoms with Crippen LogP contribution in [-0.2, 0) is 6.54 Å².